The van der Waals surface area contributed by atoms with E-state index in [0.717, 1.165) is 16.8 Å². The van der Waals surface area contributed by atoms with Crippen molar-refractivity contribution < 1.29 is 9.53 Å². The van der Waals surface area contributed by atoms with Gasteiger partial charge in [0.25, 0.3) is 5.91 Å². The van der Waals surface area contributed by atoms with Gasteiger partial charge in [0, 0.05) is 16.3 Å². The van der Waals surface area contributed by atoms with Crippen LogP contribution in [0.3, 0.4) is 0 Å². The predicted molar refractivity (Wildman–Crippen MR) is 113 cm³/mol. The molecule has 0 atom stereocenters. The van der Waals surface area contributed by atoms with Crippen LogP contribution in [0.15, 0.2) is 84.0 Å². The van der Waals surface area contributed by atoms with E-state index in [0.29, 0.717) is 17.4 Å². The molecule has 0 heterocycles. The summed E-state index contributed by atoms with van der Waals surface area (Å²) in [5.74, 6) is 0.442. The summed E-state index contributed by atoms with van der Waals surface area (Å²) in [6.07, 6.45) is 1.57. The summed E-state index contributed by atoms with van der Waals surface area (Å²) in [7, 11) is 0. The number of nitrogens with zero attached hydrogens (tertiary/aromatic N) is 1. The Balaban J connectivity index is 1.50. The molecule has 6 heteroatoms. The number of hydrazone groups is 1. The van der Waals surface area contributed by atoms with Gasteiger partial charge in [0.05, 0.1) is 12.8 Å². The van der Waals surface area contributed by atoms with Gasteiger partial charge in [0.2, 0.25) is 0 Å². The Morgan fingerprint density at radius 3 is 2.46 bits per heavy atom. The smallest absolute Gasteiger partial charge is 0.259 e. The molecule has 0 fully saturated rings. The maximum Gasteiger partial charge on any atom is 0.259 e. The highest BCUT2D eigenvalue weighted by Gasteiger charge is 2.03. The maximum absolute atomic E-state index is 11.9. The lowest BCUT2D eigenvalue weighted by molar-refractivity contribution is -0.119. The Bertz CT molecular complexity index is 928. The highest BCUT2D eigenvalue weighted by atomic mass is 35.5. The van der Waals surface area contributed by atoms with E-state index < -0.39 is 0 Å². The summed E-state index contributed by atoms with van der Waals surface area (Å²) in [4.78, 5) is 11.9. The average Bonchev–Trinajstić information content (AvgIpc) is 2.73. The van der Waals surface area contributed by atoms with Crippen LogP contribution in [0.25, 0.3) is 0 Å². The number of benzene rings is 3. The van der Waals surface area contributed by atoms with Crippen LogP contribution in [-0.2, 0) is 11.4 Å². The quantitative estimate of drug-likeness (QED) is 0.438. The number of carbonyl (C=O) groups is 1. The number of carbonyl (C=O) groups excluding carboxylic acids is 1. The summed E-state index contributed by atoms with van der Waals surface area (Å²) in [5.41, 5.74) is 5.17. The van der Waals surface area contributed by atoms with Crippen LogP contribution in [0.1, 0.15) is 11.1 Å². The van der Waals surface area contributed by atoms with Crippen molar-refractivity contribution in [3.8, 4) is 5.75 Å². The van der Waals surface area contributed by atoms with Crippen LogP contribution in [0.4, 0.5) is 5.69 Å². The molecule has 0 bridgehead atoms. The van der Waals surface area contributed by atoms with E-state index >= 15 is 0 Å². The van der Waals surface area contributed by atoms with E-state index in [1.54, 1.807) is 30.5 Å². The van der Waals surface area contributed by atoms with Crippen LogP contribution in [0.5, 0.6) is 5.75 Å². The van der Waals surface area contributed by atoms with Gasteiger partial charge in [-0.25, -0.2) is 5.43 Å². The Kier molecular flexibility index (Phi) is 7.04. The van der Waals surface area contributed by atoms with Gasteiger partial charge < -0.3 is 10.1 Å². The molecule has 5 nitrogen and oxygen atoms in total. The van der Waals surface area contributed by atoms with Gasteiger partial charge in [0.1, 0.15) is 12.4 Å². The SMILES string of the molecule is O=C(CNc1ccc(Cl)cc1)N/N=C/c1ccccc1OCc1ccccc1. The standard InChI is InChI=1S/C22H20ClN3O2/c23-19-10-12-20(13-11-19)24-15-22(27)26-25-14-18-8-4-5-9-21(18)28-16-17-6-2-1-3-7-17/h1-14,24H,15-16H2,(H,26,27)/b25-14+. The van der Waals surface area contributed by atoms with Crippen LogP contribution in [0, 0.1) is 0 Å². The summed E-state index contributed by atoms with van der Waals surface area (Å²) in [5, 5.41) is 7.66. The van der Waals surface area contributed by atoms with Gasteiger partial charge in [0.15, 0.2) is 0 Å². The van der Waals surface area contributed by atoms with Crippen LogP contribution >= 0.6 is 11.6 Å². The Morgan fingerprint density at radius 2 is 1.68 bits per heavy atom. The van der Waals surface area contributed by atoms with Gasteiger partial charge in [-0.1, -0.05) is 54.1 Å². The molecule has 0 unspecified atom stereocenters. The van der Waals surface area contributed by atoms with Crippen LogP contribution in [0.2, 0.25) is 5.02 Å². The highest BCUT2D eigenvalue weighted by molar-refractivity contribution is 6.30. The van der Waals surface area contributed by atoms with Gasteiger partial charge in [-0.2, -0.15) is 5.10 Å². The molecule has 142 valence electrons. The van der Waals surface area contributed by atoms with Crippen molar-refractivity contribution in [3.63, 3.8) is 0 Å². The van der Waals surface area contributed by atoms with E-state index in [4.69, 9.17) is 16.3 Å². The molecule has 0 saturated carbocycles. The highest BCUT2D eigenvalue weighted by Crippen LogP contribution is 2.17. The third kappa shape index (κ3) is 6.14. The molecule has 0 aromatic heterocycles. The Labute approximate surface area is 169 Å². The van der Waals surface area contributed by atoms with Crippen molar-refractivity contribution in [3.05, 3.63) is 95.0 Å². The molecular formula is C22H20ClN3O2. The lowest BCUT2D eigenvalue weighted by Crippen LogP contribution is -2.25. The lowest BCUT2D eigenvalue weighted by atomic mass is 10.2. The zero-order valence-electron chi connectivity index (χ0n) is 15.1. The topological polar surface area (TPSA) is 62.7 Å². The second kappa shape index (κ2) is 10.1. The molecule has 0 radical (unpaired) electrons. The number of nitrogens with one attached hydrogen (secondary N) is 2. The molecule has 0 aliphatic carbocycles. The molecule has 3 aromatic carbocycles. The molecule has 0 spiro atoms. The third-order valence-electron chi connectivity index (χ3n) is 3.85. The number of amides is 1. The first-order valence-electron chi connectivity index (χ1n) is 8.78. The second-order valence-corrected chi connectivity index (χ2v) is 6.40. The van der Waals surface area contributed by atoms with Crippen molar-refractivity contribution in [2.45, 2.75) is 6.61 Å². The van der Waals surface area contributed by atoms with E-state index in [2.05, 4.69) is 15.8 Å². The van der Waals surface area contributed by atoms with E-state index in [1.165, 1.54) is 0 Å². The van der Waals surface area contributed by atoms with Gasteiger partial charge >= 0.3 is 0 Å². The number of ether oxygens (including phenoxy) is 1. The number of hydrogen-bond donors (Lipinski definition) is 2. The molecule has 0 aliphatic heterocycles. The summed E-state index contributed by atoms with van der Waals surface area (Å²) < 4.78 is 5.87. The van der Waals surface area contributed by atoms with Crippen LogP contribution < -0.4 is 15.5 Å². The lowest BCUT2D eigenvalue weighted by Gasteiger charge is -2.09. The fourth-order valence-corrected chi connectivity index (χ4v) is 2.54. The van der Waals surface area contributed by atoms with Gasteiger partial charge in [-0.15, -0.1) is 0 Å². The van der Waals surface area contributed by atoms with Crippen molar-refractivity contribution in [2.24, 2.45) is 5.10 Å². The Hall–Kier alpha value is -3.31. The molecule has 28 heavy (non-hydrogen) atoms. The average molecular weight is 394 g/mol. The molecule has 2 N–H and O–H groups in total. The van der Waals surface area contributed by atoms with Crippen molar-refractivity contribution in [1.29, 1.82) is 0 Å². The number of para-hydroxylation sites is 1. The normalized spacial score (nSPS) is 10.6. The van der Waals surface area contributed by atoms with Crippen molar-refractivity contribution >= 4 is 29.4 Å². The first-order chi connectivity index (χ1) is 13.7. The number of rotatable bonds is 8. The molecule has 0 aliphatic rings. The van der Waals surface area contributed by atoms with Gasteiger partial charge in [-0.3, -0.25) is 4.79 Å². The summed E-state index contributed by atoms with van der Waals surface area (Å²) in [6.45, 7) is 0.564. The number of halogens is 1. The Morgan fingerprint density at radius 1 is 0.964 bits per heavy atom. The first-order valence-corrected chi connectivity index (χ1v) is 9.15. The third-order valence-corrected chi connectivity index (χ3v) is 4.10. The predicted octanol–water partition coefficient (Wildman–Crippen LogP) is 4.48. The van der Waals surface area contributed by atoms with Crippen molar-refractivity contribution in [1.82, 2.24) is 5.43 Å². The second-order valence-electron chi connectivity index (χ2n) is 5.97. The largest absolute Gasteiger partial charge is 0.488 e. The molecule has 3 aromatic rings. The molecule has 3 rings (SSSR count). The fourth-order valence-electron chi connectivity index (χ4n) is 2.42. The van der Waals surface area contributed by atoms with E-state index in [-0.39, 0.29) is 12.5 Å². The molecule has 1 amide bonds. The molecular weight excluding hydrogens is 374 g/mol. The fraction of sp³-hybridized carbons (Fsp3) is 0.0909. The van der Waals surface area contributed by atoms with E-state index in [1.807, 2.05) is 54.6 Å². The minimum absolute atomic E-state index is 0.102. The van der Waals surface area contributed by atoms with Crippen LogP contribution in [-0.4, -0.2) is 18.7 Å². The minimum atomic E-state index is -0.256. The summed E-state index contributed by atoms with van der Waals surface area (Å²) in [6, 6.07) is 24.6. The maximum atomic E-state index is 11.9. The van der Waals surface area contributed by atoms with E-state index in [9.17, 15) is 4.79 Å². The zero-order chi connectivity index (χ0) is 19.6. The zero-order valence-corrected chi connectivity index (χ0v) is 15.9. The first kappa shape index (κ1) is 19.5. The monoisotopic (exact) mass is 393 g/mol. The van der Waals surface area contributed by atoms with Gasteiger partial charge in [-0.05, 0) is 42.0 Å². The van der Waals surface area contributed by atoms with Crippen molar-refractivity contribution in [2.75, 3.05) is 11.9 Å². The summed E-state index contributed by atoms with van der Waals surface area (Å²) >= 11 is 5.83. The molecule has 0 saturated heterocycles. The number of hydrogen-bond acceptors (Lipinski definition) is 4. The minimum Gasteiger partial charge on any atom is -0.488 e. The number of anilines is 1.